The molecule has 0 radical (unpaired) electrons. The van der Waals surface area contributed by atoms with Crippen molar-refractivity contribution in [2.45, 2.75) is 41.0 Å². The lowest BCUT2D eigenvalue weighted by atomic mass is 10.00. The van der Waals surface area contributed by atoms with Crippen LogP contribution in [0.2, 0.25) is 0 Å². The number of esters is 1. The maximum atomic E-state index is 11.7. The van der Waals surface area contributed by atoms with E-state index in [9.17, 15) is 4.79 Å². The average molecular weight is 330 g/mol. The summed E-state index contributed by atoms with van der Waals surface area (Å²) in [6.07, 6.45) is 0.772. The number of hydrogen-bond donors (Lipinski definition) is 0. The van der Waals surface area contributed by atoms with Gasteiger partial charge in [0.25, 0.3) is 0 Å². The normalized spacial score (nSPS) is 8.96. The van der Waals surface area contributed by atoms with Crippen LogP contribution in [-0.4, -0.2) is 20.2 Å². The summed E-state index contributed by atoms with van der Waals surface area (Å²) in [4.78, 5) is 11.7. The largest absolute Gasteiger partial charge is 0.497 e. The van der Waals surface area contributed by atoms with Crippen LogP contribution in [0.25, 0.3) is 0 Å². The van der Waals surface area contributed by atoms with Gasteiger partial charge in [0.15, 0.2) is 0 Å². The third kappa shape index (κ3) is 6.45. The number of hydrogen-bond acceptors (Lipinski definition) is 3. The second-order valence-electron chi connectivity index (χ2n) is 4.67. The first-order chi connectivity index (χ1) is 11.6. The summed E-state index contributed by atoms with van der Waals surface area (Å²) in [6, 6.07) is 13.8. The molecule has 0 atom stereocenters. The summed E-state index contributed by atoms with van der Waals surface area (Å²) in [7, 11) is 3.05. The number of carbonyl (C=O) groups is 1. The summed E-state index contributed by atoms with van der Waals surface area (Å²) < 4.78 is 9.94. The summed E-state index contributed by atoms with van der Waals surface area (Å²) in [5.74, 6) is 0.548. The van der Waals surface area contributed by atoms with Crippen LogP contribution in [0.15, 0.2) is 42.5 Å². The molecule has 0 aliphatic heterocycles. The fraction of sp³-hybridized carbons (Fsp3) is 0.381. The Balaban J connectivity index is 0.00000123. The van der Waals surface area contributed by atoms with Gasteiger partial charge in [-0.3, -0.25) is 0 Å². The van der Waals surface area contributed by atoms with Gasteiger partial charge in [0.05, 0.1) is 19.8 Å². The third-order valence-corrected chi connectivity index (χ3v) is 3.27. The quantitative estimate of drug-likeness (QED) is 0.701. The zero-order chi connectivity index (χ0) is 18.5. The van der Waals surface area contributed by atoms with Gasteiger partial charge in [0.1, 0.15) is 5.75 Å². The zero-order valence-corrected chi connectivity index (χ0v) is 16.0. The van der Waals surface area contributed by atoms with E-state index in [4.69, 9.17) is 9.47 Å². The van der Waals surface area contributed by atoms with Crippen LogP contribution in [-0.2, 0) is 11.2 Å². The van der Waals surface area contributed by atoms with Crippen LogP contribution in [0.3, 0.4) is 0 Å². The molecule has 0 unspecified atom stereocenters. The van der Waals surface area contributed by atoms with Crippen LogP contribution in [0.1, 0.15) is 54.7 Å². The summed E-state index contributed by atoms with van der Waals surface area (Å²) in [5.41, 5.74) is 3.81. The Morgan fingerprint density at radius 1 is 0.875 bits per heavy atom. The van der Waals surface area contributed by atoms with Crippen molar-refractivity contribution in [3.8, 4) is 5.75 Å². The molecule has 3 heteroatoms. The Hall–Kier alpha value is -2.29. The van der Waals surface area contributed by atoms with Gasteiger partial charge >= 0.3 is 5.97 Å². The molecule has 0 aromatic heterocycles. The Morgan fingerprint density at radius 2 is 1.42 bits per heavy atom. The van der Waals surface area contributed by atoms with Gasteiger partial charge in [-0.1, -0.05) is 52.0 Å². The van der Waals surface area contributed by atoms with Crippen molar-refractivity contribution in [3.63, 3.8) is 0 Å². The van der Waals surface area contributed by atoms with E-state index < -0.39 is 0 Å². The number of methoxy groups -OCH3 is 2. The smallest absolute Gasteiger partial charge is 0.338 e. The summed E-state index contributed by atoms with van der Waals surface area (Å²) >= 11 is 0. The van der Waals surface area contributed by atoms with Crippen molar-refractivity contribution >= 4 is 5.97 Å². The minimum atomic E-state index is -0.293. The highest BCUT2D eigenvalue weighted by atomic mass is 16.5. The number of carbonyl (C=O) groups excluding carboxylic acids is 1. The molecule has 0 saturated carbocycles. The zero-order valence-electron chi connectivity index (χ0n) is 16.0. The minimum Gasteiger partial charge on any atom is -0.497 e. The molecule has 0 spiro atoms. The second-order valence-corrected chi connectivity index (χ2v) is 4.67. The van der Waals surface area contributed by atoms with Gasteiger partial charge in [-0.2, -0.15) is 0 Å². The lowest BCUT2D eigenvalue weighted by Gasteiger charge is -2.08. The van der Waals surface area contributed by atoms with E-state index in [0.717, 1.165) is 23.3 Å². The van der Waals surface area contributed by atoms with Gasteiger partial charge in [0.2, 0.25) is 0 Å². The van der Waals surface area contributed by atoms with E-state index in [1.165, 1.54) is 12.7 Å². The molecule has 0 amide bonds. The molecule has 0 N–H and O–H groups in total. The standard InChI is InChI=1S/C17H18O3.2C2H6/c1-12-4-5-14(11-16(12)17(18)20-3)10-13-6-8-15(19-2)9-7-13;2*1-2/h4-9,11H,10H2,1-3H3;2*1-2H3. The predicted molar refractivity (Wildman–Crippen MR) is 101 cm³/mol. The van der Waals surface area contributed by atoms with E-state index in [0.29, 0.717) is 5.56 Å². The maximum Gasteiger partial charge on any atom is 0.338 e. The van der Waals surface area contributed by atoms with E-state index in [1.54, 1.807) is 7.11 Å². The number of benzene rings is 2. The Labute approximate surface area is 146 Å². The molecular weight excluding hydrogens is 300 g/mol. The molecule has 2 aromatic rings. The van der Waals surface area contributed by atoms with E-state index in [2.05, 4.69) is 0 Å². The SMILES string of the molecule is CC.CC.COC(=O)c1cc(Cc2ccc(OC)cc2)ccc1C. The number of rotatable bonds is 4. The van der Waals surface area contributed by atoms with Crippen molar-refractivity contribution in [3.05, 3.63) is 64.7 Å². The molecule has 3 nitrogen and oxygen atoms in total. The van der Waals surface area contributed by atoms with Crippen LogP contribution in [0, 0.1) is 6.92 Å². The molecule has 0 aliphatic carbocycles. The van der Waals surface area contributed by atoms with Crippen molar-refractivity contribution in [1.29, 1.82) is 0 Å². The van der Waals surface area contributed by atoms with Gasteiger partial charge in [0, 0.05) is 0 Å². The van der Waals surface area contributed by atoms with Crippen LogP contribution < -0.4 is 4.74 Å². The number of ether oxygens (including phenoxy) is 2. The van der Waals surface area contributed by atoms with Gasteiger partial charge in [-0.05, 0) is 48.2 Å². The molecule has 2 rings (SSSR count). The molecule has 132 valence electrons. The highest BCUT2D eigenvalue weighted by molar-refractivity contribution is 5.91. The molecule has 0 saturated heterocycles. The maximum absolute atomic E-state index is 11.7. The van der Waals surface area contributed by atoms with Gasteiger partial charge in [-0.15, -0.1) is 0 Å². The molecule has 0 bridgehead atoms. The molecule has 2 aromatic carbocycles. The Morgan fingerprint density at radius 3 is 1.92 bits per heavy atom. The Bertz CT molecular complexity index is 601. The van der Waals surface area contributed by atoms with E-state index in [1.807, 2.05) is 77.1 Å². The lowest BCUT2D eigenvalue weighted by molar-refractivity contribution is 0.0600. The van der Waals surface area contributed by atoms with Crippen LogP contribution in [0.4, 0.5) is 0 Å². The lowest BCUT2D eigenvalue weighted by Crippen LogP contribution is -2.04. The third-order valence-electron chi connectivity index (χ3n) is 3.27. The topological polar surface area (TPSA) is 35.5 Å². The second kappa shape index (κ2) is 12.2. The summed E-state index contributed by atoms with van der Waals surface area (Å²) in [6.45, 7) is 9.91. The fourth-order valence-corrected chi connectivity index (χ4v) is 2.09. The average Bonchev–Trinajstić information content (AvgIpc) is 2.66. The molecular formula is C21H30O3. The summed E-state index contributed by atoms with van der Waals surface area (Å²) in [5, 5.41) is 0. The highest BCUT2D eigenvalue weighted by Crippen LogP contribution is 2.18. The number of aryl methyl sites for hydroxylation is 1. The van der Waals surface area contributed by atoms with E-state index in [-0.39, 0.29) is 5.97 Å². The first-order valence-corrected chi connectivity index (χ1v) is 8.45. The molecule has 0 heterocycles. The predicted octanol–water partition coefficient (Wildman–Crippen LogP) is 5.43. The first-order valence-electron chi connectivity index (χ1n) is 8.45. The minimum absolute atomic E-state index is 0.293. The Kier molecular flexibility index (Phi) is 11.0. The van der Waals surface area contributed by atoms with Crippen LogP contribution >= 0.6 is 0 Å². The molecule has 0 fully saturated rings. The molecule has 0 aliphatic rings. The highest BCUT2D eigenvalue weighted by Gasteiger charge is 2.10. The van der Waals surface area contributed by atoms with E-state index >= 15 is 0 Å². The van der Waals surface area contributed by atoms with Crippen molar-refractivity contribution in [2.24, 2.45) is 0 Å². The molecule has 24 heavy (non-hydrogen) atoms. The van der Waals surface area contributed by atoms with Crippen LogP contribution in [0.5, 0.6) is 5.75 Å². The van der Waals surface area contributed by atoms with Crippen molar-refractivity contribution in [2.75, 3.05) is 14.2 Å². The fourth-order valence-electron chi connectivity index (χ4n) is 2.09. The van der Waals surface area contributed by atoms with Gasteiger partial charge < -0.3 is 9.47 Å². The van der Waals surface area contributed by atoms with Gasteiger partial charge in [-0.25, -0.2) is 4.79 Å². The monoisotopic (exact) mass is 330 g/mol. The van der Waals surface area contributed by atoms with Crippen molar-refractivity contribution in [1.82, 2.24) is 0 Å². The van der Waals surface area contributed by atoms with Crippen molar-refractivity contribution < 1.29 is 14.3 Å². The first kappa shape index (κ1) is 21.7.